The lowest BCUT2D eigenvalue weighted by molar-refractivity contribution is -0.118. The summed E-state index contributed by atoms with van der Waals surface area (Å²) in [5.41, 5.74) is 2.50. The van der Waals surface area contributed by atoms with Gasteiger partial charge in [0.2, 0.25) is 5.88 Å². The summed E-state index contributed by atoms with van der Waals surface area (Å²) in [6, 6.07) is 23.7. The maximum Gasteiger partial charge on any atom is 0.262 e. The van der Waals surface area contributed by atoms with E-state index in [1.165, 1.54) is 6.33 Å². The molecule has 32 heavy (non-hydrogen) atoms. The van der Waals surface area contributed by atoms with Crippen molar-refractivity contribution in [1.82, 2.24) is 15.3 Å². The number of aromatic nitrogens is 2. The molecule has 0 bridgehead atoms. The van der Waals surface area contributed by atoms with Gasteiger partial charge in [-0.05, 0) is 36.8 Å². The monoisotopic (exact) mass is 426 g/mol. The van der Waals surface area contributed by atoms with Crippen LogP contribution in [0.4, 0.5) is 5.69 Å². The fourth-order valence-corrected chi connectivity index (χ4v) is 3.30. The number of amides is 2. The number of carbonyl (C=O) groups excluding carboxylic acids is 2. The highest BCUT2D eigenvalue weighted by Crippen LogP contribution is 2.21. The van der Waals surface area contributed by atoms with Crippen molar-refractivity contribution in [2.24, 2.45) is 0 Å². The summed E-state index contributed by atoms with van der Waals surface area (Å²) in [7, 11) is 0. The van der Waals surface area contributed by atoms with Gasteiger partial charge in [0.1, 0.15) is 6.33 Å². The highest BCUT2D eigenvalue weighted by molar-refractivity contribution is 6.04. The van der Waals surface area contributed by atoms with Gasteiger partial charge in [0.05, 0.1) is 28.2 Å². The lowest BCUT2D eigenvalue weighted by Gasteiger charge is -2.16. The highest BCUT2D eigenvalue weighted by Gasteiger charge is 2.16. The minimum atomic E-state index is -0.399. The maximum absolute atomic E-state index is 12.8. The third kappa shape index (κ3) is 4.89. The first-order chi connectivity index (χ1) is 15.6. The average molecular weight is 426 g/mol. The van der Waals surface area contributed by atoms with Gasteiger partial charge in [0.15, 0.2) is 6.61 Å². The summed E-state index contributed by atoms with van der Waals surface area (Å²) < 4.78 is 5.61. The number of ether oxygens (including phenoxy) is 1. The molecule has 4 rings (SSSR count). The van der Waals surface area contributed by atoms with Crippen LogP contribution < -0.4 is 15.4 Å². The van der Waals surface area contributed by atoms with Crippen molar-refractivity contribution in [2.75, 3.05) is 11.9 Å². The number of anilines is 1. The van der Waals surface area contributed by atoms with Crippen LogP contribution in [0.2, 0.25) is 0 Å². The fraction of sp³-hybridized carbons (Fsp3) is 0.120. The van der Waals surface area contributed by atoms with E-state index in [4.69, 9.17) is 4.74 Å². The second-order valence-electron chi connectivity index (χ2n) is 7.18. The van der Waals surface area contributed by atoms with Crippen LogP contribution in [-0.2, 0) is 4.79 Å². The summed E-state index contributed by atoms with van der Waals surface area (Å²) in [6.07, 6.45) is 1.39. The lowest BCUT2D eigenvalue weighted by atomic mass is 10.1. The summed E-state index contributed by atoms with van der Waals surface area (Å²) in [4.78, 5) is 33.7. The quantitative estimate of drug-likeness (QED) is 0.463. The van der Waals surface area contributed by atoms with Gasteiger partial charge in [0, 0.05) is 0 Å². The van der Waals surface area contributed by atoms with E-state index in [1.807, 2.05) is 61.5 Å². The van der Waals surface area contributed by atoms with Crippen LogP contribution in [0.25, 0.3) is 10.9 Å². The average Bonchev–Trinajstić information content (AvgIpc) is 2.83. The van der Waals surface area contributed by atoms with E-state index in [2.05, 4.69) is 20.6 Å². The number of carbonyl (C=O) groups is 2. The summed E-state index contributed by atoms with van der Waals surface area (Å²) in [6.45, 7) is 1.66. The summed E-state index contributed by atoms with van der Waals surface area (Å²) >= 11 is 0. The van der Waals surface area contributed by atoms with Crippen LogP contribution in [0.3, 0.4) is 0 Å². The predicted octanol–water partition coefficient (Wildman–Crippen LogP) is 4.14. The van der Waals surface area contributed by atoms with E-state index >= 15 is 0 Å². The highest BCUT2D eigenvalue weighted by atomic mass is 16.5. The molecule has 0 saturated carbocycles. The molecule has 7 nitrogen and oxygen atoms in total. The number of nitrogens with one attached hydrogen (secondary N) is 2. The van der Waals surface area contributed by atoms with E-state index in [0.717, 1.165) is 16.5 Å². The second-order valence-corrected chi connectivity index (χ2v) is 7.18. The molecule has 3 aromatic carbocycles. The zero-order chi connectivity index (χ0) is 22.3. The molecule has 2 N–H and O–H groups in total. The molecular weight excluding hydrogens is 404 g/mol. The van der Waals surface area contributed by atoms with Crippen LogP contribution >= 0.6 is 0 Å². The molecule has 0 aliphatic heterocycles. The number of rotatable bonds is 7. The lowest BCUT2D eigenvalue weighted by Crippen LogP contribution is -2.28. The molecule has 2 amide bonds. The minimum Gasteiger partial charge on any atom is -0.467 e. The molecule has 1 aromatic heterocycles. The smallest absolute Gasteiger partial charge is 0.262 e. The SMILES string of the molecule is CC(NC(=O)c1ccccc1NC(=O)COc1ncnc2ccccc12)c1ccccc1. The van der Waals surface area contributed by atoms with Crippen molar-refractivity contribution in [3.63, 3.8) is 0 Å². The topological polar surface area (TPSA) is 93.2 Å². The molecule has 1 atom stereocenters. The van der Waals surface area contributed by atoms with Gasteiger partial charge < -0.3 is 15.4 Å². The van der Waals surface area contributed by atoms with E-state index in [9.17, 15) is 9.59 Å². The third-order valence-corrected chi connectivity index (χ3v) is 4.94. The van der Waals surface area contributed by atoms with Gasteiger partial charge in [-0.3, -0.25) is 9.59 Å². The number of hydrogen-bond acceptors (Lipinski definition) is 5. The first kappa shape index (κ1) is 21.0. The number of benzene rings is 3. The van der Waals surface area contributed by atoms with E-state index in [0.29, 0.717) is 17.1 Å². The van der Waals surface area contributed by atoms with Crippen molar-refractivity contribution >= 4 is 28.4 Å². The van der Waals surface area contributed by atoms with Crippen molar-refractivity contribution in [3.05, 3.63) is 96.3 Å². The molecule has 0 aliphatic rings. The number of fused-ring (bicyclic) bond motifs is 1. The van der Waals surface area contributed by atoms with Gasteiger partial charge in [-0.2, -0.15) is 0 Å². The predicted molar refractivity (Wildman–Crippen MR) is 122 cm³/mol. The summed E-state index contributed by atoms with van der Waals surface area (Å²) in [5, 5.41) is 6.44. The summed E-state index contributed by atoms with van der Waals surface area (Å²) in [5.74, 6) is -0.350. The van der Waals surface area contributed by atoms with Gasteiger partial charge in [0.25, 0.3) is 11.8 Å². The van der Waals surface area contributed by atoms with Crippen molar-refractivity contribution in [2.45, 2.75) is 13.0 Å². The van der Waals surface area contributed by atoms with E-state index < -0.39 is 5.91 Å². The third-order valence-electron chi connectivity index (χ3n) is 4.94. The molecule has 160 valence electrons. The fourth-order valence-electron chi connectivity index (χ4n) is 3.30. The Bertz CT molecular complexity index is 1240. The van der Waals surface area contributed by atoms with Gasteiger partial charge in [-0.1, -0.05) is 54.6 Å². The maximum atomic E-state index is 12.8. The van der Waals surface area contributed by atoms with Crippen LogP contribution in [0.15, 0.2) is 85.2 Å². The zero-order valence-corrected chi connectivity index (χ0v) is 17.5. The van der Waals surface area contributed by atoms with Crippen LogP contribution in [-0.4, -0.2) is 28.4 Å². The Balaban J connectivity index is 1.42. The van der Waals surface area contributed by atoms with Crippen LogP contribution in [0.5, 0.6) is 5.88 Å². The Morgan fingerprint density at radius 2 is 1.62 bits per heavy atom. The molecule has 0 spiro atoms. The molecule has 0 fully saturated rings. The molecular formula is C25H22N4O3. The standard InChI is InChI=1S/C25H22N4O3/c1-17(18-9-3-2-4-10-18)28-24(31)19-11-5-8-14-22(19)29-23(30)15-32-25-20-12-6-7-13-21(20)26-16-27-25/h2-14,16-17H,15H2,1H3,(H,28,31)(H,29,30). The van der Waals surface area contributed by atoms with Crippen molar-refractivity contribution < 1.29 is 14.3 Å². The molecule has 7 heteroatoms. The minimum absolute atomic E-state index is 0.179. The Labute approximate surface area is 185 Å². The Morgan fingerprint density at radius 1 is 0.906 bits per heavy atom. The first-order valence-corrected chi connectivity index (χ1v) is 10.2. The van der Waals surface area contributed by atoms with Gasteiger partial charge >= 0.3 is 0 Å². The number of para-hydroxylation sites is 2. The molecule has 1 unspecified atom stereocenters. The second kappa shape index (κ2) is 9.70. The van der Waals surface area contributed by atoms with Crippen molar-refractivity contribution in [3.8, 4) is 5.88 Å². The van der Waals surface area contributed by atoms with Crippen LogP contribution in [0, 0.1) is 0 Å². The van der Waals surface area contributed by atoms with Gasteiger partial charge in [-0.25, -0.2) is 9.97 Å². The largest absolute Gasteiger partial charge is 0.467 e. The number of hydrogen-bond donors (Lipinski definition) is 2. The Hall–Kier alpha value is -4.26. The number of nitrogens with zero attached hydrogens (tertiary/aromatic N) is 2. The van der Waals surface area contributed by atoms with E-state index in [1.54, 1.807) is 24.3 Å². The van der Waals surface area contributed by atoms with Crippen LogP contribution in [0.1, 0.15) is 28.9 Å². The molecule has 0 aliphatic carbocycles. The van der Waals surface area contributed by atoms with E-state index in [-0.39, 0.29) is 18.6 Å². The zero-order valence-electron chi connectivity index (χ0n) is 17.5. The Morgan fingerprint density at radius 3 is 2.47 bits per heavy atom. The molecule has 4 aromatic rings. The normalized spacial score (nSPS) is 11.5. The molecule has 0 saturated heterocycles. The molecule has 0 radical (unpaired) electrons. The van der Waals surface area contributed by atoms with Crippen molar-refractivity contribution in [1.29, 1.82) is 0 Å². The first-order valence-electron chi connectivity index (χ1n) is 10.2. The van der Waals surface area contributed by atoms with Gasteiger partial charge in [-0.15, -0.1) is 0 Å². The molecule has 1 heterocycles. The Kier molecular flexibility index (Phi) is 6.36.